The van der Waals surface area contributed by atoms with E-state index in [2.05, 4.69) is 65.0 Å². The van der Waals surface area contributed by atoms with E-state index in [1.807, 2.05) is 0 Å². The van der Waals surface area contributed by atoms with E-state index in [9.17, 15) is 0 Å². The first kappa shape index (κ1) is 18.4. The van der Waals surface area contributed by atoms with E-state index in [1.54, 1.807) is 0 Å². The van der Waals surface area contributed by atoms with Gasteiger partial charge in [-0.15, -0.1) is 0 Å². The third-order valence-electron chi connectivity index (χ3n) is 5.72. The number of aromatic nitrogens is 2. The Bertz CT molecular complexity index is 736. The molecule has 4 rings (SSSR count). The maximum absolute atomic E-state index is 5.54. The van der Waals surface area contributed by atoms with Crippen LogP contribution in [0.4, 0.5) is 5.95 Å². The molecule has 0 saturated carbocycles. The van der Waals surface area contributed by atoms with Crippen LogP contribution in [-0.4, -0.2) is 60.5 Å². The topological polar surface area (TPSA) is 54.6 Å². The molecule has 2 aliphatic heterocycles. The lowest BCUT2D eigenvalue weighted by Gasteiger charge is -2.39. The summed E-state index contributed by atoms with van der Waals surface area (Å²) >= 11 is 0. The van der Waals surface area contributed by atoms with E-state index in [4.69, 9.17) is 9.26 Å². The Morgan fingerprint density at radius 1 is 0.963 bits per heavy atom. The molecular weight excluding hydrogens is 340 g/mol. The lowest BCUT2D eigenvalue weighted by atomic mass is 9.87. The van der Waals surface area contributed by atoms with E-state index in [0.29, 0.717) is 17.9 Å². The standard InChI is InChI=1S/C21H30N4O2/c1-21(2,3)17-6-4-16(5-7-17)19-22-20(23-27-19)25-10-8-18(9-11-25)24-12-14-26-15-13-24/h4-7,18H,8-15H2,1-3H3. The molecular formula is C21H30N4O2. The maximum atomic E-state index is 5.54. The van der Waals surface area contributed by atoms with Gasteiger partial charge >= 0.3 is 0 Å². The van der Waals surface area contributed by atoms with Gasteiger partial charge in [0.1, 0.15) is 0 Å². The first-order valence-corrected chi connectivity index (χ1v) is 10.0. The third-order valence-corrected chi connectivity index (χ3v) is 5.72. The number of piperidine rings is 1. The minimum Gasteiger partial charge on any atom is -0.379 e. The number of ether oxygens (including phenoxy) is 1. The van der Waals surface area contributed by atoms with Crippen LogP contribution < -0.4 is 4.90 Å². The second kappa shape index (κ2) is 7.60. The smallest absolute Gasteiger partial charge is 0.266 e. The zero-order valence-corrected chi connectivity index (χ0v) is 16.6. The summed E-state index contributed by atoms with van der Waals surface area (Å²) in [6.45, 7) is 12.4. The fourth-order valence-electron chi connectivity index (χ4n) is 3.95. The minimum atomic E-state index is 0.142. The molecule has 0 N–H and O–H groups in total. The molecule has 2 aliphatic rings. The number of anilines is 1. The van der Waals surface area contributed by atoms with Crippen LogP contribution in [0.5, 0.6) is 0 Å². The van der Waals surface area contributed by atoms with Crippen molar-refractivity contribution < 1.29 is 9.26 Å². The van der Waals surface area contributed by atoms with Crippen molar-refractivity contribution in [3.05, 3.63) is 29.8 Å². The highest BCUT2D eigenvalue weighted by molar-refractivity contribution is 5.55. The molecule has 3 heterocycles. The van der Waals surface area contributed by atoms with Crippen LogP contribution in [-0.2, 0) is 10.2 Å². The quantitative estimate of drug-likeness (QED) is 0.826. The van der Waals surface area contributed by atoms with Gasteiger partial charge in [0.05, 0.1) is 13.2 Å². The van der Waals surface area contributed by atoms with Crippen molar-refractivity contribution >= 4 is 5.95 Å². The molecule has 0 aliphatic carbocycles. The Hall–Kier alpha value is -1.92. The predicted octanol–water partition coefficient (Wildman–Crippen LogP) is 3.34. The molecule has 146 valence electrons. The van der Waals surface area contributed by atoms with E-state index in [0.717, 1.165) is 57.8 Å². The van der Waals surface area contributed by atoms with Gasteiger partial charge in [0.25, 0.3) is 11.8 Å². The predicted molar refractivity (Wildman–Crippen MR) is 106 cm³/mol. The fourth-order valence-corrected chi connectivity index (χ4v) is 3.95. The van der Waals surface area contributed by atoms with Crippen molar-refractivity contribution in [1.29, 1.82) is 0 Å². The lowest BCUT2D eigenvalue weighted by Crippen LogP contribution is -2.49. The highest BCUT2D eigenvalue weighted by atomic mass is 16.5. The van der Waals surface area contributed by atoms with Gasteiger partial charge in [0, 0.05) is 37.8 Å². The molecule has 1 aromatic carbocycles. The van der Waals surface area contributed by atoms with Gasteiger partial charge in [-0.3, -0.25) is 4.90 Å². The van der Waals surface area contributed by atoms with Crippen molar-refractivity contribution in [2.75, 3.05) is 44.3 Å². The molecule has 0 bridgehead atoms. The van der Waals surface area contributed by atoms with Crippen LogP contribution in [0.1, 0.15) is 39.2 Å². The van der Waals surface area contributed by atoms with Crippen molar-refractivity contribution in [3.8, 4) is 11.5 Å². The van der Waals surface area contributed by atoms with Crippen molar-refractivity contribution in [1.82, 2.24) is 15.0 Å². The summed E-state index contributed by atoms with van der Waals surface area (Å²) in [6, 6.07) is 9.09. The normalized spacial score (nSPS) is 20.2. The SMILES string of the molecule is CC(C)(C)c1ccc(-c2nc(N3CCC(N4CCOCC4)CC3)no2)cc1. The van der Waals surface area contributed by atoms with Crippen molar-refractivity contribution in [2.24, 2.45) is 0 Å². The molecule has 2 aromatic rings. The zero-order chi connectivity index (χ0) is 18.9. The van der Waals surface area contributed by atoms with Gasteiger partial charge in [-0.25, -0.2) is 0 Å². The Morgan fingerprint density at radius 3 is 2.26 bits per heavy atom. The van der Waals surface area contributed by atoms with Crippen LogP contribution in [0.15, 0.2) is 28.8 Å². The van der Waals surface area contributed by atoms with Crippen molar-refractivity contribution in [3.63, 3.8) is 0 Å². The second-order valence-corrected chi connectivity index (χ2v) is 8.59. The first-order chi connectivity index (χ1) is 13.0. The van der Waals surface area contributed by atoms with Crippen LogP contribution in [0.2, 0.25) is 0 Å². The molecule has 0 spiro atoms. The summed E-state index contributed by atoms with van der Waals surface area (Å²) in [5, 5.41) is 4.23. The number of hydrogen-bond acceptors (Lipinski definition) is 6. The van der Waals surface area contributed by atoms with Gasteiger partial charge in [0.2, 0.25) is 0 Å². The highest BCUT2D eigenvalue weighted by Crippen LogP contribution is 2.27. The summed E-state index contributed by atoms with van der Waals surface area (Å²) in [7, 11) is 0. The average molecular weight is 370 g/mol. The minimum absolute atomic E-state index is 0.142. The first-order valence-electron chi connectivity index (χ1n) is 10.0. The Balaban J connectivity index is 1.38. The number of benzene rings is 1. The fraction of sp³-hybridized carbons (Fsp3) is 0.619. The Morgan fingerprint density at radius 2 is 1.63 bits per heavy atom. The average Bonchev–Trinajstić information content (AvgIpc) is 3.18. The monoisotopic (exact) mass is 370 g/mol. The molecule has 2 saturated heterocycles. The van der Waals surface area contributed by atoms with E-state index in [1.165, 1.54) is 5.56 Å². The van der Waals surface area contributed by atoms with E-state index >= 15 is 0 Å². The Labute approximate surface area is 161 Å². The molecule has 2 fully saturated rings. The maximum Gasteiger partial charge on any atom is 0.266 e. The van der Waals surface area contributed by atoms with Gasteiger partial charge in [0.15, 0.2) is 0 Å². The summed E-state index contributed by atoms with van der Waals surface area (Å²) < 4.78 is 11.0. The summed E-state index contributed by atoms with van der Waals surface area (Å²) in [5.41, 5.74) is 2.42. The molecule has 0 unspecified atom stereocenters. The van der Waals surface area contributed by atoms with Gasteiger partial charge < -0.3 is 14.2 Å². The summed E-state index contributed by atoms with van der Waals surface area (Å²) in [5.74, 6) is 1.31. The molecule has 0 atom stereocenters. The third kappa shape index (κ3) is 4.17. The highest BCUT2D eigenvalue weighted by Gasteiger charge is 2.27. The van der Waals surface area contributed by atoms with E-state index < -0.39 is 0 Å². The van der Waals surface area contributed by atoms with Gasteiger partial charge in [-0.2, -0.15) is 4.98 Å². The lowest BCUT2D eigenvalue weighted by molar-refractivity contribution is 0.0114. The van der Waals surface area contributed by atoms with Crippen LogP contribution in [0.3, 0.4) is 0 Å². The number of rotatable bonds is 3. The number of nitrogens with zero attached hydrogens (tertiary/aromatic N) is 4. The van der Waals surface area contributed by atoms with Crippen LogP contribution in [0.25, 0.3) is 11.5 Å². The molecule has 0 radical (unpaired) electrons. The summed E-state index contributed by atoms with van der Waals surface area (Å²) in [4.78, 5) is 9.46. The molecule has 1 aromatic heterocycles. The zero-order valence-electron chi connectivity index (χ0n) is 16.6. The summed E-state index contributed by atoms with van der Waals surface area (Å²) in [6.07, 6.45) is 2.29. The van der Waals surface area contributed by atoms with Crippen molar-refractivity contribution in [2.45, 2.75) is 45.1 Å². The number of morpholine rings is 1. The van der Waals surface area contributed by atoms with Gasteiger partial charge in [-0.1, -0.05) is 32.9 Å². The van der Waals surface area contributed by atoms with Crippen LogP contribution in [0, 0.1) is 0 Å². The molecule has 6 nitrogen and oxygen atoms in total. The molecule has 27 heavy (non-hydrogen) atoms. The Kier molecular flexibility index (Phi) is 5.19. The molecule has 0 amide bonds. The number of hydrogen-bond donors (Lipinski definition) is 0. The largest absolute Gasteiger partial charge is 0.379 e. The van der Waals surface area contributed by atoms with Crippen LogP contribution >= 0.6 is 0 Å². The van der Waals surface area contributed by atoms with Gasteiger partial charge in [-0.05, 0) is 41.1 Å². The molecule has 6 heteroatoms. The van der Waals surface area contributed by atoms with E-state index in [-0.39, 0.29) is 5.41 Å². The second-order valence-electron chi connectivity index (χ2n) is 8.59.